The van der Waals surface area contributed by atoms with E-state index in [2.05, 4.69) is 57.1 Å². The molecule has 1 aromatic carbocycles. The second-order valence-corrected chi connectivity index (χ2v) is 7.98. The Morgan fingerprint density at radius 3 is 2.20 bits per heavy atom. The molecule has 1 heterocycles. The lowest BCUT2D eigenvalue weighted by Gasteiger charge is -2.27. The fraction of sp³-hybridized carbons (Fsp3) is 0.421. The summed E-state index contributed by atoms with van der Waals surface area (Å²) < 4.78 is 5.07. The number of anilines is 1. The van der Waals surface area contributed by atoms with Crippen molar-refractivity contribution >= 4 is 12.1 Å². The van der Waals surface area contributed by atoms with Crippen LogP contribution in [0.1, 0.15) is 63.9 Å². The van der Waals surface area contributed by atoms with Crippen LogP contribution in [0.3, 0.4) is 0 Å². The van der Waals surface area contributed by atoms with E-state index >= 15 is 0 Å². The van der Waals surface area contributed by atoms with E-state index in [4.69, 9.17) is 9.68 Å². The molecule has 0 saturated carbocycles. The van der Waals surface area contributed by atoms with Crippen molar-refractivity contribution in [3.05, 3.63) is 40.9 Å². The average Bonchev–Trinajstić information content (AvgIpc) is 2.93. The van der Waals surface area contributed by atoms with Crippen LogP contribution in [0.15, 0.2) is 28.0 Å². The molecule has 6 heteroatoms. The third-order valence-corrected chi connectivity index (χ3v) is 3.80. The number of rotatable bonds is 3. The standard InChI is InChI=1S/C19H24N4O2/c1-18(2,3)13-7-12(8-14(16(13)24)19(4,5)6)10-22-23-17-15(9-20)21-11-25-17/h7-8,10-11,23-24H,1-6H3/b22-10+. The van der Waals surface area contributed by atoms with Gasteiger partial charge in [-0.1, -0.05) is 41.5 Å². The molecule has 132 valence electrons. The summed E-state index contributed by atoms with van der Waals surface area (Å²) in [6.45, 7) is 12.3. The summed E-state index contributed by atoms with van der Waals surface area (Å²) in [4.78, 5) is 3.77. The van der Waals surface area contributed by atoms with E-state index in [1.54, 1.807) is 6.21 Å². The molecular weight excluding hydrogens is 316 g/mol. The number of phenols is 1. The topological polar surface area (TPSA) is 94.4 Å². The third kappa shape index (κ3) is 4.18. The van der Waals surface area contributed by atoms with Crippen LogP contribution in [0.25, 0.3) is 0 Å². The van der Waals surface area contributed by atoms with Crippen molar-refractivity contribution in [2.24, 2.45) is 5.10 Å². The van der Waals surface area contributed by atoms with Gasteiger partial charge in [-0.05, 0) is 28.5 Å². The van der Waals surface area contributed by atoms with Gasteiger partial charge in [0.15, 0.2) is 6.39 Å². The van der Waals surface area contributed by atoms with Gasteiger partial charge in [0.1, 0.15) is 11.8 Å². The number of nitrogens with one attached hydrogen (secondary N) is 1. The van der Waals surface area contributed by atoms with Crippen molar-refractivity contribution in [3.8, 4) is 11.8 Å². The number of oxazole rings is 1. The quantitative estimate of drug-likeness (QED) is 0.642. The molecule has 0 aliphatic rings. The number of hydrogen-bond acceptors (Lipinski definition) is 6. The van der Waals surface area contributed by atoms with Crippen LogP contribution in [-0.4, -0.2) is 16.3 Å². The summed E-state index contributed by atoms with van der Waals surface area (Å²) in [5.41, 5.74) is 4.98. The summed E-state index contributed by atoms with van der Waals surface area (Å²) >= 11 is 0. The molecule has 0 saturated heterocycles. The van der Waals surface area contributed by atoms with Crippen LogP contribution in [-0.2, 0) is 10.8 Å². The maximum absolute atomic E-state index is 10.7. The first-order valence-corrected chi connectivity index (χ1v) is 8.04. The SMILES string of the molecule is CC(C)(C)c1cc(/C=N/Nc2ocnc2C#N)cc(C(C)(C)C)c1O. The van der Waals surface area contributed by atoms with Gasteiger partial charge in [-0.3, -0.25) is 0 Å². The van der Waals surface area contributed by atoms with E-state index in [1.165, 1.54) is 6.39 Å². The molecule has 2 rings (SSSR count). The van der Waals surface area contributed by atoms with E-state index in [0.717, 1.165) is 16.7 Å². The number of nitriles is 1. The highest BCUT2D eigenvalue weighted by atomic mass is 16.4. The Morgan fingerprint density at radius 1 is 1.16 bits per heavy atom. The third-order valence-electron chi connectivity index (χ3n) is 3.80. The van der Waals surface area contributed by atoms with E-state index in [1.807, 2.05) is 18.2 Å². The van der Waals surface area contributed by atoms with Gasteiger partial charge in [0.25, 0.3) is 5.88 Å². The summed E-state index contributed by atoms with van der Waals surface area (Å²) in [7, 11) is 0. The van der Waals surface area contributed by atoms with Crippen LogP contribution in [0.5, 0.6) is 5.75 Å². The van der Waals surface area contributed by atoms with Gasteiger partial charge in [0.05, 0.1) is 6.21 Å². The number of nitrogens with zero attached hydrogens (tertiary/aromatic N) is 3. The molecule has 0 aliphatic carbocycles. The zero-order chi connectivity index (χ0) is 18.8. The van der Waals surface area contributed by atoms with Crippen molar-refractivity contribution in [2.45, 2.75) is 52.4 Å². The minimum Gasteiger partial charge on any atom is -0.507 e. The summed E-state index contributed by atoms with van der Waals surface area (Å²) in [6, 6.07) is 5.75. The molecule has 0 radical (unpaired) electrons. The number of aromatic nitrogens is 1. The lowest BCUT2D eigenvalue weighted by Crippen LogP contribution is -2.17. The van der Waals surface area contributed by atoms with Gasteiger partial charge in [-0.2, -0.15) is 10.4 Å². The van der Waals surface area contributed by atoms with Crippen LogP contribution < -0.4 is 5.43 Å². The van der Waals surface area contributed by atoms with Gasteiger partial charge in [0, 0.05) is 11.1 Å². The molecule has 0 spiro atoms. The van der Waals surface area contributed by atoms with Crippen LogP contribution in [0.4, 0.5) is 5.88 Å². The maximum atomic E-state index is 10.7. The molecule has 0 bridgehead atoms. The Labute approximate surface area is 148 Å². The lowest BCUT2D eigenvalue weighted by molar-refractivity contribution is 0.423. The highest BCUT2D eigenvalue weighted by Gasteiger charge is 2.26. The predicted molar refractivity (Wildman–Crippen MR) is 97.9 cm³/mol. The van der Waals surface area contributed by atoms with Crippen molar-refractivity contribution in [1.82, 2.24) is 4.98 Å². The highest BCUT2D eigenvalue weighted by molar-refractivity contribution is 5.82. The van der Waals surface area contributed by atoms with Crippen LogP contribution in [0, 0.1) is 11.3 Å². The van der Waals surface area contributed by atoms with E-state index < -0.39 is 0 Å². The van der Waals surface area contributed by atoms with Gasteiger partial charge in [-0.15, -0.1) is 0 Å². The van der Waals surface area contributed by atoms with Crippen LogP contribution >= 0.6 is 0 Å². The molecule has 2 aromatic rings. The maximum Gasteiger partial charge on any atom is 0.251 e. The molecule has 0 aliphatic heterocycles. The minimum absolute atomic E-state index is 0.147. The van der Waals surface area contributed by atoms with Crippen molar-refractivity contribution < 1.29 is 9.52 Å². The second-order valence-electron chi connectivity index (χ2n) is 7.98. The van der Waals surface area contributed by atoms with Crippen LogP contribution in [0.2, 0.25) is 0 Å². The number of aromatic hydroxyl groups is 1. The zero-order valence-corrected chi connectivity index (χ0v) is 15.5. The number of hydrogen-bond donors (Lipinski definition) is 2. The van der Waals surface area contributed by atoms with E-state index in [0.29, 0.717) is 5.75 Å². The van der Waals surface area contributed by atoms with Gasteiger partial charge < -0.3 is 9.52 Å². The number of benzene rings is 1. The van der Waals surface area contributed by atoms with Crippen molar-refractivity contribution in [1.29, 1.82) is 5.26 Å². The summed E-state index contributed by atoms with van der Waals surface area (Å²) in [5.74, 6) is 0.525. The molecule has 2 N–H and O–H groups in total. The monoisotopic (exact) mass is 340 g/mol. The molecular formula is C19H24N4O2. The largest absolute Gasteiger partial charge is 0.507 e. The fourth-order valence-corrected chi connectivity index (χ4v) is 2.45. The Balaban J connectivity index is 2.41. The summed E-state index contributed by atoms with van der Waals surface area (Å²) in [6.07, 6.45) is 2.82. The molecule has 25 heavy (non-hydrogen) atoms. The smallest absolute Gasteiger partial charge is 0.251 e. The van der Waals surface area contributed by atoms with Gasteiger partial charge in [-0.25, -0.2) is 10.4 Å². The molecule has 0 amide bonds. The Kier molecular flexibility index (Phi) is 4.89. The minimum atomic E-state index is -0.208. The molecule has 0 atom stereocenters. The first-order chi connectivity index (χ1) is 11.5. The molecule has 0 unspecified atom stereocenters. The van der Waals surface area contributed by atoms with E-state index in [-0.39, 0.29) is 22.4 Å². The average molecular weight is 340 g/mol. The highest BCUT2D eigenvalue weighted by Crippen LogP contribution is 2.39. The first kappa shape index (κ1) is 18.5. The second kappa shape index (κ2) is 6.60. The van der Waals surface area contributed by atoms with Gasteiger partial charge >= 0.3 is 0 Å². The van der Waals surface area contributed by atoms with Crippen molar-refractivity contribution in [2.75, 3.05) is 5.43 Å². The van der Waals surface area contributed by atoms with Gasteiger partial charge in [0.2, 0.25) is 5.69 Å². The summed E-state index contributed by atoms with van der Waals surface area (Å²) in [5, 5.41) is 23.8. The Morgan fingerprint density at radius 2 is 1.72 bits per heavy atom. The molecule has 1 aromatic heterocycles. The lowest BCUT2D eigenvalue weighted by atomic mass is 9.78. The fourth-order valence-electron chi connectivity index (χ4n) is 2.45. The predicted octanol–water partition coefficient (Wildman–Crippen LogP) is 4.29. The Bertz CT molecular complexity index is 795. The number of hydrazone groups is 1. The molecule has 6 nitrogen and oxygen atoms in total. The normalized spacial score (nSPS) is 12.4. The number of phenolic OH excluding ortho intramolecular Hbond substituents is 1. The van der Waals surface area contributed by atoms with E-state index in [9.17, 15) is 5.11 Å². The Hall–Kier alpha value is -2.81. The van der Waals surface area contributed by atoms with Crippen molar-refractivity contribution in [3.63, 3.8) is 0 Å². The zero-order valence-electron chi connectivity index (χ0n) is 15.5. The molecule has 0 fully saturated rings. The first-order valence-electron chi connectivity index (χ1n) is 8.04.